The molecule has 0 aliphatic rings. The number of hydrogen-bond acceptors (Lipinski definition) is 3. The third-order valence-electron chi connectivity index (χ3n) is 3.16. The number of halogens is 1. The van der Waals surface area contributed by atoms with E-state index in [2.05, 4.69) is 0 Å². The van der Waals surface area contributed by atoms with Crippen LogP contribution < -0.4 is 9.64 Å². The largest absolute Gasteiger partial charge is 0.508 e. The molecule has 2 rings (SSSR count). The van der Waals surface area contributed by atoms with Gasteiger partial charge in [0.25, 0.3) is 0 Å². The number of nitrogens with zero attached hydrogens (tertiary/aromatic N) is 1. The van der Waals surface area contributed by atoms with Crippen LogP contribution in [0.1, 0.15) is 5.56 Å². The van der Waals surface area contributed by atoms with E-state index in [4.69, 9.17) is 4.74 Å². The number of rotatable bonds is 4. The van der Waals surface area contributed by atoms with Crippen LogP contribution in [0.15, 0.2) is 42.5 Å². The van der Waals surface area contributed by atoms with E-state index in [0.717, 1.165) is 0 Å². The Balaban J connectivity index is 2.14. The summed E-state index contributed by atoms with van der Waals surface area (Å²) in [5.74, 6) is -0.483. The van der Waals surface area contributed by atoms with Gasteiger partial charge in [-0.2, -0.15) is 0 Å². The van der Waals surface area contributed by atoms with Crippen molar-refractivity contribution in [2.24, 2.45) is 0 Å². The molecule has 0 aliphatic carbocycles. The molecule has 2 aromatic carbocycles. The number of likely N-dealkylation sites (N-methyl/N-ethyl adjacent to an activating group) is 1. The highest BCUT2D eigenvalue weighted by molar-refractivity contribution is 5.94. The lowest BCUT2D eigenvalue weighted by atomic mass is 10.1. The topological polar surface area (TPSA) is 49.8 Å². The molecule has 1 amide bonds. The number of amides is 1. The normalized spacial score (nSPS) is 10.2. The SMILES string of the molecule is COc1ccc(N(C)C(=O)Cc2cccc(O)c2)cc1F. The van der Waals surface area contributed by atoms with Gasteiger partial charge in [0.05, 0.1) is 13.5 Å². The Morgan fingerprint density at radius 3 is 2.67 bits per heavy atom. The molecule has 0 aromatic heterocycles. The van der Waals surface area contributed by atoms with E-state index in [0.29, 0.717) is 11.3 Å². The maximum Gasteiger partial charge on any atom is 0.231 e. The van der Waals surface area contributed by atoms with Gasteiger partial charge in [-0.1, -0.05) is 12.1 Å². The van der Waals surface area contributed by atoms with Crippen molar-refractivity contribution in [2.75, 3.05) is 19.1 Å². The minimum Gasteiger partial charge on any atom is -0.508 e. The molecule has 0 fully saturated rings. The first-order valence-electron chi connectivity index (χ1n) is 6.39. The average Bonchev–Trinajstić information content (AvgIpc) is 2.46. The van der Waals surface area contributed by atoms with Crippen LogP contribution in [-0.2, 0) is 11.2 Å². The predicted molar refractivity (Wildman–Crippen MR) is 78.2 cm³/mol. The van der Waals surface area contributed by atoms with Crippen LogP contribution in [0.5, 0.6) is 11.5 Å². The van der Waals surface area contributed by atoms with Crippen molar-refractivity contribution in [3.05, 3.63) is 53.8 Å². The van der Waals surface area contributed by atoms with Gasteiger partial charge in [-0.3, -0.25) is 4.79 Å². The van der Waals surface area contributed by atoms with E-state index in [1.807, 2.05) is 0 Å². The zero-order valence-corrected chi connectivity index (χ0v) is 11.8. The van der Waals surface area contributed by atoms with E-state index in [1.165, 1.54) is 36.3 Å². The van der Waals surface area contributed by atoms with Crippen LogP contribution in [0.25, 0.3) is 0 Å². The number of methoxy groups -OCH3 is 1. The van der Waals surface area contributed by atoms with Gasteiger partial charge in [-0.05, 0) is 29.8 Å². The Labute approximate surface area is 122 Å². The Kier molecular flexibility index (Phi) is 4.42. The fourth-order valence-electron chi connectivity index (χ4n) is 1.97. The van der Waals surface area contributed by atoms with Gasteiger partial charge in [-0.15, -0.1) is 0 Å². The minimum atomic E-state index is -0.521. The highest BCUT2D eigenvalue weighted by atomic mass is 19.1. The van der Waals surface area contributed by atoms with Crippen molar-refractivity contribution in [2.45, 2.75) is 6.42 Å². The summed E-state index contributed by atoms with van der Waals surface area (Å²) in [6, 6.07) is 10.8. The molecule has 0 aliphatic heterocycles. The van der Waals surface area contributed by atoms with Crippen molar-refractivity contribution in [1.29, 1.82) is 0 Å². The third-order valence-corrected chi connectivity index (χ3v) is 3.16. The molecule has 0 atom stereocenters. The Bertz CT molecular complexity index is 658. The van der Waals surface area contributed by atoms with E-state index in [-0.39, 0.29) is 23.8 Å². The maximum atomic E-state index is 13.7. The summed E-state index contributed by atoms with van der Waals surface area (Å²) in [5.41, 5.74) is 1.14. The zero-order valence-electron chi connectivity index (χ0n) is 11.8. The van der Waals surface area contributed by atoms with Gasteiger partial charge < -0.3 is 14.7 Å². The van der Waals surface area contributed by atoms with Gasteiger partial charge in [0.2, 0.25) is 5.91 Å². The second-order valence-corrected chi connectivity index (χ2v) is 4.62. The molecule has 4 nitrogen and oxygen atoms in total. The number of benzene rings is 2. The molecule has 110 valence electrons. The molecule has 0 saturated heterocycles. The molecule has 21 heavy (non-hydrogen) atoms. The molecule has 5 heteroatoms. The van der Waals surface area contributed by atoms with Crippen molar-refractivity contribution in [3.8, 4) is 11.5 Å². The quantitative estimate of drug-likeness (QED) is 0.941. The molecule has 0 bridgehead atoms. The molecule has 0 heterocycles. The molecular formula is C16H16FNO3. The maximum absolute atomic E-state index is 13.7. The second-order valence-electron chi connectivity index (χ2n) is 4.62. The predicted octanol–water partition coefficient (Wildman–Crippen LogP) is 2.75. The Morgan fingerprint density at radius 1 is 1.29 bits per heavy atom. The number of ether oxygens (including phenoxy) is 1. The first-order valence-corrected chi connectivity index (χ1v) is 6.39. The van der Waals surface area contributed by atoms with Crippen LogP contribution in [-0.4, -0.2) is 25.2 Å². The van der Waals surface area contributed by atoms with Crippen LogP contribution in [0, 0.1) is 5.82 Å². The minimum absolute atomic E-state index is 0.110. The first-order chi connectivity index (χ1) is 10.0. The van der Waals surface area contributed by atoms with Crippen molar-refractivity contribution >= 4 is 11.6 Å². The van der Waals surface area contributed by atoms with E-state index in [9.17, 15) is 14.3 Å². The van der Waals surface area contributed by atoms with Crippen molar-refractivity contribution in [1.82, 2.24) is 0 Å². The lowest BCUT2D eigenvalue weighted by Gasteiger charge is -2.18. The van der Waals surface area contributed by atoms with Gasteiger partial charge >= 0.3 is 0 Å². The van der Waals surface area contributed by atoms with Gasteiger partial charge in [0.1, 0.15) is 5.75 Å². The number of hydrogen-bond donors (Lipinski definition) is 1. The summed E-state index contributed by atoms with van der Waals surface area (Å²) in [4.78, 5) is 13.5. The van der Waals surface area contributed by atoms with E-state index >= 15 is 0 Å². The fraction of sp³-hybridized carbons (Fsp3) is 0.188. The fourth-order valence-corrected chi connectivity index (χ4v) is 1.97. The lowest BCUT2D eigenvalue weighted by Crippen LogP contribution is -2.27. The monoisotopic (exact) mass is 289 g/mol. The summed E-state index contributed by atoms with van der Waals surface area (Å²) in [5, 5.41) is 9.39. The van der Waals surface area contributed by atoms with E-state index in [1.54, 1.807) is 25.2 Å². The van der Waals surface area contributed by atoms with Crippen molar-refractivity contribution in [3.63, 3.8) is 0 Å². The first kappa shape index (κ1) is 14.8. The lowest BCUT2D eigenvalue weighted by molar-refractivity contribution is -0.117. The highest BCUT2D eigenvalue weighted by Crippen LogP contribution is 2.23. The summed E-state index contributed by atoms with van der Waals surface area (Å²) in [6.45, 7) is 0. The number of anilines is 1. The Hall–Kier alpha value is -2.56. The smallest absolute Gasteiger partial charge is 0.231 e. The summed E-state index contributed by atoms with van der Waals surface area (Å²) >= 11 is 0. The van der Waals surface area contributed by atoms with Gasteiger partial charge in [0, 0.05) is 18.8 Å². The second kappa shape index (κ2) is 6.26. The number of aromatic hydroxyl groups is 1. The number of carbonyl (C=O) groups is 1. The zero-order chi connectivity index (χ0) is 15.4. The van der Waals surface area contributed by atoms with Crippen LogP contribution in [0.3, 0.4) is 0 Å². The van der Waals surface area contributed by atoms with Crippen LogP contribution in [0.4, 0.5) is 10.1 Å². The molecule has 0 saturated carbocycles. The van der Waals surface area contributed by atoms with E-state index < -0.39 is 5.82 Å². The molecule has 0 radical (unpaired) electrons. The number of carbonyl (C=O) groups excluding carboxylic acids is 1. The summed E-state index contributed by atoms with van der Waals surface area (Å²) in [7, 11) is 2.96. The molecule has 0 spiro atoms. The third kappa shape index (κ3) is 3.51. The number of phenols is 1. The highest BCUT2D eigenvalue weighted by Gasteiger charge is 2.14. The molecule has 1 N–H and O–H groups in total. The molecule has 2 aromatic rings. The van der Waals surface area contributed by atoms with Gasteiger partial charge in [-0.25, -0.2) is 4.39 Å². The molecular weight excluding hydrogens is 273 g/mol. The number of phenolic OH excluding ortho intramolecular Hbond substituents is 1. The van der Waals surface area contributed by atoms with Gasteiger partial charge in [0.15, 0.2) is 11.6 Å². The average molecular weight is 289 g/mol. The summed E-state index contributed by atoms with van der Waals surface area (Å²) in [6.07, 6.45) is 0.124. The molecule has 0 unspecified atom stereocenters. The van der Waals surface area contributed by atoms with Crippen LogP contribution >= 0.6 is 0 Å². The van der Waals surface area contributed by atoms with Crippen LogP contribution in [0.2, 0.25) is 0 Å². The summed E-state index contributed by atoms with van der Waals surface area (Å²) < 4.78 is 18.5. The van der Waals surface area contributed by atoms with Crippen molar-refractivity contribution < 1.29 is 19.0 Å². The Morgan fingerprint density at radius 2 is 2.05 bits per heavy atom. The standard InChI is InChI=1S/C16H16FNO3/c1-18(12-6-7-15(21-2)14(17)10-12)16(20)9-11-4-3-5-13(19)8-11/h3-8,10,19H,9H2,1-2H3.